The summed E-state index contributed by atoms with van der Waals surface area (Å²) < 4.78 is 5.80. The number of benzene rings is 2. The fraction of sp³-hybridized carbons (Fsp3) is 0.111. The standard InChI is InChI=1S/C18H17N3OS/c1-13-3-7-16(8-4-13)22-17-9-5-15(6-10-17)11-19-21-18-20-14(2)12-23-18/h3-12H,1-2H3,(H,20,21). The van der Waals surface area contributed by atoms with Crippen LogP contribution in [0.4, 0.5) is 5.13 Å². The van der Waals surface area contributed by atoms with E-state index in [0.717, 1.165) is 27.9 Å². The van der Waals surface area contributed by atoms with Gasteiger partial charge in [0.1, 0.15) is 11.5 Å². The Morgan fingerprint density at radius 3 is 2.26 bits per heavy atom. The molecule has 0 amide bonds. The maximum Gasteiger partial charge on any atom is 0.203 e. The summed E-state index contributed by atoms with van der Waals surface area (Å²) in [6, 6.07) is 15.8. The van der Waals surface area contributed by atoms with Crippen LogP contribution in [0.5, 0.6) is 11.5 Å². The van der Waals surface area contributed by atoms with E-state index < -0.39 is 0 Å². The van der Waals surface area contributed by atoms with Crippen molar-refractivity contribution in [2.75, 3.05) is 5.43 Å². The molecule has 0 aliphatic heterocycles. The van der Waals surface area contributed by atoms with E-state index in [2.05, 4.69) is 22.4 Å². The minimum atomic E-state index is 0.790. The predicted octanol–water partition coefficient (Wildman–Crippen LogP) is 5.00. The van der Waals surface area contributed by atoms with Gasteiger partial charge in [0.15, 0.2) is 0 Å². The van der Waals surface area contributed by atoms with Crippen molar-refractivity contribution in [3.63, 3.8) is 0 Å². The number of aryl methyl sites for hydroxylation is 2. The van der Waals surface area contributed by atoms with Crippen molar-refractivity contribution in [3.8, 4) is 11.5 Å². The first-order valence-corrected chi connectivity index (χ1v) is 8.13. The number of thiazole rings is 1. The van der Waals surface area contributed by atoms with Gasteiger partial charge < -0.3 is 4.74 Å². The first-order chi connectivity index (χ1) is 11.2. The molecule has 0 aliphatic carbocycles. The van der Waals surface area contributed by atoms with Crippen molar-refractivity contribution in [2.45, 2.75) is 13.8 Å². The molecule has 0 fully saturated rings. The molecule has 3 rings (SSSR count). The zero-order chi connectivity index (χ0) is 16.1. The van der Waals surface area contributed by atoms with Crippen LogP contribution in [-0.2, 0) is 0 Å². The molecular weight excluding hydrogens is 306 g/mol. The Bertz CT molecular complexity index is 792. The van der Waals surface area contributed by atoms with Crippen molar-refractivity contribution >= 4 is 22.7 Å². The molecule has 0 aliphatic rings. The van der Waals surface area contributed by atoms with Gasteiger partial charge in [0, 0.05) is 5.38 Å². The molecule has 0 saturated heterocycles. The quantitative estimate of drug-likeness (QED) is 0.531. The molecule has 0 atom stereocenters. The zero-order valence-electron chi connectivity index (χ0n) is 13.0. The fourth-order valence-corrected chi connectivity index (χ4v) is 2.57. The van der Waals surface area contributed by atoms with Gasteiger partial charge in [-0.25, -0.2) is 4.98 Å². The number of nitrogens with zero attached hydrogens (tertiary/aromatic N) is 2. The highest BCUT2D eigenvalue weighted by molar-refractivity contribution is 7.13. The van der Waals surface area contributed by atoms with Gasteiger partial charge in [-0.05, 0) is 55.8 Å². The van der Waals surface area contributed by atoms with Crippen LogP contribution in [0.1, 0.15) is 16.8 Å². The van der Waals surface area contributed by atoms with E-state index in [1.807, 2.05) is 60.8 Å². The summed E-state index contributed by atoms with van der Waals surface area (Å²) in [4.78, 5) is 4.28. The van der Waals surface area contributed by atoms with Crippen molar-refractivity contribution in [2.24, 2.45) is 5.10 Å². The molecule has 4 nitrogen and oxygen atoms in total. The highest BCUT2D eigenvalue weighted by atomic mass is 32.1. The van der Waals surface area contributed by atoms with Crippen LogP contribution in [0.2, 0.25) is 0 Å². The lowest BCUT2D eigenvalue weighted by Gasteiger charge is -2.06. The van der Waals surface area contributed by atoms with Crippen LogP contribution < -0.4 is 10.2 Å². The third-order valence-corrected chi connectivity index (χ3v) is 3.99. The lowest BCUT2D eigenvalue weighted by molar-refractivity contribution is 0.482. The Morgan fingerprint density at radius 2 is 1.65 bits per heavy atom. The number of rotatable bonds is 5. The van der Waals surface area contributed by atoms with Gasteiger partial charge >= 0.3 is 0 Å². The van der Waals surface area contributed by atoms with Crippen molar-refractivity contribution in [3.05, 3.63) is 70.7 Å². The topological polar surface area (TPSA) is 46.5 Å². The number of nitrogens with one attached hydrogen (secondary N) is 1. The second-order valence-corrected chi connectivity index (χ2v) is 6.01. The zero-order valence-corrected chi connectivity index (χ0v) is 13.8. The summed E-state index contributed by atoms with van der Waals surface area (Å²) in [6.07, 6.45) is 1.76. The molecule has 1 heterocycles. The van der Waals surface area contributed by atoms with E-state index in [9.17, 15) is 0 Å². The summed E-state index contributed by atoms with van der Waals surface area (Å²) in [7, 11) is 0. The maximum absolute atomic E-state index is 5.80. The van der Waals surface area contributed by atoms with E-state index in [1.165, 1.54) is 16.9 Å². The third-order valence-electron chi connectivity index (χ3n) is 3.13. The van der Waals surface area contributed by atoms with E-state index in [1.54, 1.807) is 6.21 Å². The Morgan fingerprint density at radius 1 is 1.00 bits per heavy atom. The second kappa shape index (κ2) is 7.07. The summed E-state index contributed by atoms with van der Waals surface area (Å²) in [6.45, 7) is 4.01. The molecule has 116 valence electrons. The molecule has 1 aromatic heterocycles. The summed E-state index contributed by atoms with van der Waals surface area (Å²) in [5, 5.41) is 6.95. The van der Waals surface area contributed by atoms with Crippen LogP contribution >= 0.6 is 11.3 Å². The molecular formula is C18H17N3OS. The number of hydrogen-bond donors (Lipinski definition) is 1. The Kier molecular flexibility index (Phi) is 4.68. The van der Waals surface area contributed by atoms with Crippen LogP contribution in [0.15, 0.2) is 59.0 Å². The fourth-order valence-electron chi connectivity index (χ4n) is 1.93. The van der Waals surface area contributed by atoms with Crippen LogP contribution in [0.25, 0.3) is 0 Å². The molecule has 3 aromatic rings. The van der Waals surface area contributed by atoms with E-state index >= 15 is 0 Å². The molecule has 5 heteroatoms. The lowest BCUT2D eigenvalue weighted by Crippen LogP contribution is -1.90. The minimum Gasteiger partial charge on any atom is -0.457 e. The smallest absolute Gasteiger partial charge is 0.203 e. The largest absolute Gasteiger partial charge is 0.457 e. The molecule has 23 heavy (non-hydrogen) atoms. The van der Waals surface area contributed by atoms with E-state index in [-0.39, 0.29) is 0 Å². The molecule has 0 spiro atoms. The summed E-state index contributed by atoms with van der Waals surface area (Å²) in [5.41, 5.74) is 6.11. The van der Waals surface area contributed by atoms with E-state index in [4.69, 9.17) is 4.74 Å². The normalized spacial score (nSPS) is 10.9. The van der Waals surface area contributed by atoms with Crippen LogP contribution in [0.3, 0.4) is 0 Å². The lowest BCUT2D eigenvalue weighted by atomic mass is 10.2. The number of ether oxygens (including phenoxy) is 1. The monoisotopic (exact) mass is 323 g/mol. The van der Waals surface area contributed by atoms with Crippen LogP contribution in [0, 0.1) is 13.8 Å². The highest BCUT2D eigenvalue weighted by Gasteiger charge is 1.98. The van der Waals surface area contributed by atoms with Crippen molar-refractivity contribution < 1.29 is 4.74 Å². The number of hydrazone groups is 1. The van der Waals surface area contributed by atoms with Gasteiger partial charge in [-0.1, -0.05) is 17.7 Å². The van der Waals surface area contributed by atoms with Gasteiger partial charge in [-0.2, -0.15) is 5.10 Å². The predicted molar refractivity (Wildman–Crippen MR) is 95.8 cm³/mol. The van der Waals surface area contributed by atoms with Crippen molar-refractivity contribution in [1.82, 2.24) is 4.98 Å². The highest BCUT2D eigenvalue weighted by Crippen LogP contribution is 2.21. The van der Waals surface area contributed by atoms with Gasteiger partial charge in [0.25, 0.3) is 0 Å². The molecule has 0 bridgehead atoms. The van der Waals surface area contributed by atoms with E-state index in [0.29, 0.717) is 0 Å². The first kappa shape index (κ1) is 15.2. The molecule has 0 radical (unpaired) electrons. The average Bonchev–Trinajstić information content (AvgIpc) is 2.97. The Hall–Kier alpha value is -2.66. The molecule has 1 N–H and O–H groups in total. The number of hydrogen-bond acceptors (Lipinski definition) is 5. The summed E-state index contributed by atoms with van der Waals surface area (Å²) >= 11 is 1.53. The third kappa shape index (κ3) is 4.40. The maximum atomic E-state index is 5.80. The second-order valence-electron chi connectivity index (χ2n) is 5.15. The van der Waals surface area contributed by atoms with Gasteiger partial charge in [-0.15, -0.1) is 11.3 Å². The average molecular weight is 323 g/mol. The van der Waals surface area contributed by atoms with Crippen molar-refractivity contribution in [1.29, 1.82) is 0 Å². The Balaban J connectivity index is 1.59. The number of anilines is 1. The van der Waals surface area contributed by atoms with Crippen LogP contribution in [-0.4, -0.2) is 11.2 Å². The minimum absolute atomic E-state index is 0.790. The van der Waals surface area contributed by atoms with Gasteiger partial charge in [0.05, 0.1) is 11.9 Å². The first-order valence-electron chi connectivity index (χ1n) is 7.25. The van der Waals surface area contributed by atoms with Gasteiger partial charge in [0.2, 0.25) is 5.13 Å². The van der Waals surface area contributed by atoms with Gasteiger partial charge in [-0.3, -0.25) is 5.43 Å². The Labute approximate surface area is 139 Å². The number of aromatic nitrogens is 1. The summed E-state index contributed by atoms with van der Waals surface area (Å²) in [5.74, 6) is 1.63. The molecule has 0 saturated carbocycles. The SMILES string of the molecule is Cc1ccc(Oc2ccc(C=NNc3nc(C)cs3)cc2)cc1. The molecule has 2 aromatic carbocycles. The molecule has 0 unspecified atom stereocenters.